The summed E-state index contributed by atoms with van der Waals surface area (Å²) >= 11 is 0. The van der Waals surface area contributed by atoms with Crippen LogP contribution < -0.4 is 38.5 Å². The summed E-state index contributed by atoms with van der Waals surface area (Å²) in [4.78, 5) is 76.2. The molecular formula is C28H54N8O9. The summed E-state index contributed by atoms with van der Waals surface area (Å²) < 4.78 is 11.1. The quantitative estimate of drug-likeness (QED) is 0.0597. The zero-order chi connectivity index (χ0) is 35.0. The number of hydrogen-bond donors (Lipinski definition) is 8. The molecule has 0 fully saturated rings. The van der Waals surface area contributed by atoms with Crippen LogP contribution in [0.1, 0.15) is 54.9 Å². The highest BCUT2D eigenvalue weighted by Crippen LogP contribution is 2.10. The molecule has 0 aromatic carbocycles. The van der Waals surface area contributed by atoms with E-state index in [1.54, 1.807) is 20.8 Å². The average Bonchev–Trinajstić information content (AvgIpc) is 2.93. The molecule has 11 N–H and O–H groups in total. The van der Waals surface area contributed by atoms with E-state index in [1.807, 2.05) is 27.7 Å². The van der Waals surface area contributed by atoms with Crippen molar-refractivity contribution in [2.45, 2.75) is 91.4 Å². The summed E-state index contributed by atoms with van der Waals surface area (Å²) in [7, 11) is 1.29. The van der Waals surface area contributed by atoms with Crippen LogP contribution in [0.2, 0.25) is 0 Å². The van der Waals surface area contributed by atoms with E-state index in [0.29, 0.717) is 6.61 Å². The molecule has 45 heavy (non-hydrogen) atoms. The summed E-state index contributed by atoms with van der Waals surface area (Å²) in [6.45, 7) is 12.7. The van der Waals surface area contributed by atoms with Crippen molar-refractivity contribution in [3.8, 4) is 0 Å². The molecular weight excluding hydrogens is 592 g/mol. The van der Waals surface area contributed by atoms with E-state index < -0.39 is 78.6 Å². The Labute approximate surface area is 265 Å². The third kappa shape index (κ3) is 16.5. The molecule has 0 aliphatic heterocycles. The molecule has 0 saturated carbocycles. The Morgan fingerprint density at radius 2 is 1.24 bits per heavy atom. The number of amides is 5. The van der Waals surface area contributed by atoms with Crippen LogP contribution in [0.3, 0.4) is 0 Å². The van der Waals surface area contributed by atoms with Crippen LogP contribution in [-0.4, -0.2) is 115 Å². The van der Waals surface area contributed by atoms with Gasteiger partial charge in [-0.3, -0.25) is 24.0 Å². The summed E-state index contributed by atoms with van der Waals surface area (Å²) in [6.07, 6.45) is -3.92. The molecule has 1 unspecified atom stereocenters. The van der Waals surface area contributed by atoms with Crippen LogP contribution in [0, 0.1) is 17.8 Å². The van der Waals surface area contributed by atoms with Crippen LogP contribution in [0.5, 0.6) is 0 Å². The Hall–Kier alpha value is -3.38. The molecule has 0 aliphatic rings. The van der Waals surface area contributed by atoms with Gasteiger partial charge in [-0.2, -0.15) is 0 Å². The number of nitrogens with two attached hydrogens (primary N) is 3. The Kier molecular flexibility index (Phi) is 19.1. The molecule has 6 atom stereocenters. The summed E-state index contributed by atoms with van der Waals surface area (Å²) in [5.41, 5.74) is 17.4. The SMILES string of the molecule is CC(C)COC[C@@H](N)C(=O)N[C@H](N)C(=O)NCC(=O)N(C)[C@H](C(=O)N[C@@H](N)C(=O)N[C@@H](CC(C)C)C(=O)O)C(C)OCC(C)C. The number of nitrogens with zero attached hydrogens (tertiary/aromatic N) is 1. The van der Waals surface area contributed by atoms with E-state index in [1.165, 1.54) is 7.05 Å². The Morgan fingerprint density at radius 3 is 1.76 bits per heavy atom. The fourth-order valence-corrected chi connectivity index (χ4v) is 3.78. The lowest BCUT2D eigenvalue weighted by Crippen LogP contribution is -2.62. The van der Waals surface area contributed by atoms with Gasteiger partial charge < -0.3 is 57.9 Å². The fraction of sp³-hybridized carbons (Fsp3) is 0.786. The highest BCUT2D eigenvalue weighted by Gasteiger charge is 2.35. The second kappa shape index (κ2) is 20.6. The van der Waals surface area contributed by atoms with E-state index in [9.17, 15) is 33.9 Å². The van der Waals surface area contributed by atoms with Crippen molar-refractivity contribution in [3.05, 3.63) is 0 Å². The van der Waals surface area contributed by atoms with Crippen molar-refractivity contribution in [2.75, 3.05) is 33.4 Å². The smallest absolute Gasteiger partial charge is 0.326 e. The first-order valence-electron chi connectivity index (χ1n) is 14.9. The molecule has 0 radical (unpaired) electrons. The first-order chi connectivity index (χ1) is 20.8. The Bertz CT molecular complexity index is 995. The number of nitrogens with one attached hydrogen (secondary N) is 4. The number of aliphatic carboxylic acids is 1. The number of carboxylic acids is 1. The minimum Gasteiger partial charge on any atom is -0.480 e. The zero-order valence-corrected chi connectivity index (χ0v) is 27.6. The largest absolute Gasteiger partial charge is 0.480 e. The monoisotopic (exact) mass is 646 g/mol. The van der Waals surface area contributed by atoms with Crippen LogP contribution in [0.4, 0.5) is 0 Å². The number of hydrogen-bond acceptors (Lipinski definition) is 11. The molecule has 0 heterocycles. The van der Waals surface area contributed by atoms with Gasteiger partial charge in [0, 0.05) is 20.3 Å². The van der Waals surface area contributed by atoms with Gasteiger partial charge >= 0.3 is 5.97 Å². The van der Waals surface area contributed by atoms with Crippen LogP contribution in [-0.2, 0) is 38.2 Å². The first-order valence-corrected chi connectivity index (χ1v) is 14.9. The van der Waals surface area contributed by atoms with Gasteiger partial charge in [0.15, 0.2) is 12.3 Å². The van der Waals surface area contributed by atoms with Gasteiger partial charge in [-0.1, -0.05) is 41.5 Å². The van der Waals surface area contributed by atoms with Crippen molar-refractivity contribution in [1.82, 2.24) is 26.2 Å². The predicted molar refractivity (Wildman–Crippen MR) is 165 cm³/mol. The molecule has 5 amide bonds. The number of carbonyl (C=O) groups excluding carboxylic acids is 5. The normalized spacial score (nSPS) is 15.4. The van der Waals surface area contributed by atoms with Crippen molar-refractivity contribution in [3.63, 3.8) is 0 Å². The number of carboxylic acid groups (broad SMARTS) is 1. The minimum absolute atomic E-state index is 0.0433. The van der Waals surface area contributed by atoms with E-state index in [0.717, 1.165) is 4.90 Å². The molecule has 17 nitrogen and oxygen atoms in total. The highest BCUT2D eigenvalue weighted by atomic mass is 16.5. The van der Waals surface area contributed by atoms with Crippen LogP contribution in [0.15, 0.2) is 0 Å². The molecule has 260 valence electrons. The maximum absolute atomic E-state index is 13.3. The molecule has 0 saturated heterocycles. The van der Waals surface area contributed by atoms with Gasteiger partial charge in [-0.05, 0) is 31.1 Å². The topological polar surface area (TPSA) is 271 Å². The van der Waals surface area contributed by atoms with Gasteiger partial charge in [0.1, 0.15) is 18.1 Å². The summed E-state index contributed by atoms with van der Waals surface area (Å²) in [6, 6.07) is -3.60. The van der Waals surface area contributed by atoms with Crippen LogP contribution in [0.25, 0.3) is 0 Å². The number of rotatable bonds is 21. The van der Waals surface area contributed by atoms with Crippen molar-refractivity contribution in [1.29, 1.82) is 0 Å². The maximum atomic E-state index is 13.3. The lowest BCUT2D eigenvalue weighted by Gasteiger charge is -2.33. The Morgan fingerprint density at radius 1 is 0.711 bits per heavy atom. The van der Waals surface area contributed by atoms with Crippen molar-refractivity contribution in [2.24, 2.45) is 35.0 Å². The van der Waals surface area contributed by atoms with Gasteiger partial charge in [0.05, 0.1) is 19.3 Å². The second-order valence-corrected chi connectivity index (χ2v) is 12.1. The predicted octanol–water partition coefficient (Wildman–Crippen LogP) is -2.59. The molecule has 0 rings (SSSR count). The molecule has 17 heteroatoms. The summed E-state index contributed by atoms with van der Waals surface area (Å²) in [5.74, 6) is -5.12. The lowest BCUT2D eigenvalue weighted by molar-refractivity contribution is -0.146. The third-order valence-electron chi connectivity index (χ3n) is 6.20. The lowest BCUT2D eigenvalue weighted by atomic mass is 10.0. The number of likely N-dealkylation sites (N-methyl/N-ethyl adjacent to an activating group) is 1. The second-order valence-electron chi connectivity index (χ2n) is 12.1. The third-order valence-corrected chi connectivity index (χ3v) is 6.20. The van der Waals surface area contributed by atoms with Crippen molar-refractivity contribution >= 4 is 35.5 Å². The number of carbonyl (C=O) groups is 6. The van der Waals surface area contributed by atoms with Gasteiger partial charge in [-0.25, -0.2) is 4.79 Å². The van der Waals surface area contributed by atoms with E-state index in [-0.39, 0.29) is 37.4 Å². The van der Waals surface area contributed by atoms with E-state index in [2.05, 4.69) is 21.3 Å². The first kappa shape index (κ1) is 41.6. The summed E-state index contributed by atoms with van der Waals surface area (Å²) in [5, 5.41) is 18.5. The molecule has 0 spiro atoms. The minimum atomic E-state index is -1.64. The molecule has 0 aromatic heterocycles. The van der Waals surface area contributed by atoms with Gasteiger partial charge in [-0.15, -0.1) is 0 Å². The fourth-order valence-electron chi connectivity index (χ4n) is 3.78. The molecule has 0 aromatic rings. The zero-order valence-electron chi connectivity index (χ0n) is 27.6. The van der Waals surface area contributed by atoms with E-state index >= 15 is 0 Å². The van der Waals surface area contributed by atoms with Crippen LogP contribution >= 0.6 is 0 Å². The van der Waals surface area contributed by atoms with E-state index in [4.69, 9.17) is 26.7 Å². The van der Waals surface area contributed by atoms with Gasteiger partial charge in [0.25, 0.3) is 11.8 Å². The standard InChI is InChI=1S/C28H54N8O9/c1-14(2)9-19(28(42)43)33-27(41)23(31)35-25(39)21(17(7)45-12-16(5)6)36(8)20(37)10-32-26(40)22(30)34-24(38)18(29)13-44-11-15(3)4/h14-19,21-23H,9-13,29-31H2,1-8H3,(H,32,40)(H,33,41)(H,34,38)(H,35,39)(H,42,43)/t17?,18-,19+,21+,22+,23-/m1/s1. The maximum Gasteiger partial charge on any atom is 0.326 e. The van der Waals surface area contributed by atoms with Crippen molar-refractivity contribution < 1.29 is 43.3 Å². The highest BCUT2D eigenvalue weighted by molar-refractivity contribution is 5.95. The molecule has 0 bridgehead atoms. The Balaban J connectivity index is 5.43. The number of ether oxygens (including phenoxy) is 2. The van der Waals surface area contributed by atoms with Gasteiger partial charge in [0.2, 0.25) is 17.7 Å². The molecule has 0 aliphatic carbocycles. The average molecular weight is 647 g/mol.